The van der Waals surface area contributed by atoms with E-state index in [0.29, 0.717) is 38.7 Å². The van der Waals surface area contributed by atoms with Crippen molar-refractivity contribution in [3.63, 3.8) is 0 Å². The number of morpholine rings is 1. The first-order valence-corrected chi connectivity index (χ1v) is 12.5. The predicted octanol–water partition coefficient (Wildman–Crippen LogP) is 0.832. The van der Waals surface area contributed by atoms with Crippen LogP contribution < -0.4 is 21.3 Å². The molecule has 11 nitrogen and oxygen atoms in total. The molecule has 0 spiro atoms. The zero-order valence-electron chi connectivity index (χ0n) is 20.8. The smallest absolute Gasteiger partial charge is 0.239 e. The number of nitrogen functional groups attached to an aromatic ring is 1. The van der Waals surface area contributed by atoms with Gasteiger partial charge in [0.15, 0.2) is 0 Å². The van der Waals surface area contributed by atoms with E-state index in [2.05, 4.69) is 33.6 Å². The molecule has 2 aromatic rings. The molecule has 0 unspecified atom stereocenters. The first-order valence-electron chi connectivity index (χ1n) is 12.5. The molecule has 0 aromatic carbocycles. The molecule has 35 heavy (non-hydrogen) atoms. The van der Waals surface area contributed by atoms with Crippen molar-refractivity contribution in [1.82, 2.24) is 24.8 Å². The highest BCUT2D eigenvalue weighted by atomic mass is 16.5. The highest BCUT2D eigenvalue weighted by Crippen LogP contribution is 2.41. The number of ether oxygens (including phenoxy) is 1. The second-order valence-electron chi connectivity index (χ2n) is 10.0. The molecule has 4 N–H and O–H groups in total. The molecule has 11 heteroatoms. The van der Waals surface area contributed by atoms with Gasteiger partial charge in [0.2, 0.25) is 17.8 Å². The van der Waals surface area contributed by atoms with Gasteiger partial charge in [0.05, 0.1) is 36.5 Å². The molecule has 0 bridgehead atoms. The number of rotatable bonds is 5. The maximum Gasteiger partial charge on any atom is 0.239 e. The van der Waals surface area contributed by atoms with Crippen molar-refractivity contribution >= 4 is 23.6 Å². The summed E-state index contributed by atoms with van der Waals surface area (Å²) >= 11 is 0. The molecule has 0 saturated carbocycles. The topological polar surface area (TPSA) is 140 Å². The van der Waals surface area contributed by atoms with Gasteiger partial charge in [-0.05, 0) is 33.1 Å². The Balaban J connectivity index is 1.54. The van der Waals surface area contributed by atoms with Crippen molar-refractivity contribution in [1.29, 1.82) is 0 Å². The molecule has 188 valence electrons. The highest BCUT2D eigenvalue weighted by Gasteiger charge is 2.45. The van der Waals surface area contributed by atoms with E-state index in [-0.39, 0.29) is 23.4 Å². The standard InChI is InChI=1S/C24H35N9O2/c1-4-18(25)21(34)31-8-6-24(3,14-31)33-7-5-17-19(16-11-27-22(26)28-12-16)29-23(30-20(17)33)32-9-10-35-13-15(32)2/h11-12,15,18H,4-10,13-14,25H2,1-3H3,(H2,26,27,28)/t15-,18-,24-/m0/s1. The van der Waals surface area contributed by atoms with Gasteiger partial charge in [0.1, 0.15) is 5.82 Å². The summed E-state index contributed by atoms with van der Waals surface area (Å²) in [5.41, 5.74) is 14.3. The van der Waals surface area contributed by atoms with Crippen LogP contribution in [0.2, 0.25) is 0 Å². The van der Waals surface area contributed by atoms with Crippen molar-refractivity contribution in [2.45, 2.75) is 57.7 Å². The molecule has 0 aliphatic carbocycles. The van der Waals surface area contributed by atoms with E-state index in [0.717, 1.165) is 48.6 Å². The normalized spacial score (nSPS) is 25.1. The van der Waals surface area contributed by atoms with Crippen LogP contribution in [0.4, 0.5) is 17.7 Å². The first-order chi connectivity index (χ1) is 16.8. The minimum absolute atomic E-state index is 0.0286. The van der Waals surface area contributed by atoms with Crippen LogP contribution >= 0.6 is 0 Å². The van der Waals surface area contributed by atoms with E-state index in [1.54, 1.807) is 12.4 Å². The molecular weight excluding hydrogens is 446 g/mol. The molecule has 3 aliphatic heterocycles. The Bertz CT molecular complexity index is 1100. The maximum atomic E-state index is 12.8. The molecule has 5 rings (SSSR count). The number of likely N-dealkylation sites (tertiary alicyclic amines) is 1. The van der Waals surface area contributed by atoms with Crippen LogP contribution in [0.1, 0.15) is 39.2 Å². The fourth-order valence-corrected chi connectivity index (χ4v) is 5.38. The van der Waals surface area contributed by atoms with Crippen LogP contribution in [0.5, 0.6) is 0 Å². The molecular formula is C24H35N9O2. The molecule has 2 fully saturated rings. The average Bonchev–Trinajstić information content (AvgIpc) is 3.48. The van der Waals surface area contributed by atoms with E-state index < -0.39 is 6.04 Å². The Morgan fingerprint density at radius 1 is 1.26 bits per heavy atom. The van der Waals surface area contributed by atoms with Crippen LogP contribution in [-0.4, -0.2) is 87.8 Å². The Morgan fingerprint density at radius 2 is 2.03 bits per heavy atom. The van der Waals surface area contributed by atoms with E-state index in [1.807, 2.05) is 11.8 Å². The lowest BCUT2D eigenvalue weighted by molar-refractivity contribution is -0.131. The Labute approximate surface area is 205 Å². The third-order valence-corrected chi connectivity index (χ3v) is 7.56. The van der Waals surface area contributed by atoms with Crippen LogP contribution in [0.15, 0.2) is 12.4 Å². The van der Waals surface area contributed by atoms with Gasteiger partial charge in [-0.25, -0.2) is 15.0 Å². The number of carbonyl (C=O) groups is 1. The van der Waals surface area contributed by atoms with Crippen molar-refractivity contribution in [2.75, 3.05) is 54.9 Å². The third-order valence-electron chi connectivity index (χ3n) is 7.56. The summed E-state index contributed by atoms with van der Waals surface area (Å²) in [6, 6.07) is -0.282. The van der Waals surface area contributed by atoms with Gasteiger partial charge in [-0.15, -0.1) is 0 Å². The molecule has 5 heterocycles. The van der Waals surface area contributed by atoms with E-state index in [9.17, 15) is 4.79 Å². The van der Waals surface area contributed by atoms with Crippen LogP contribution in [0.25, 0.3) is 11.3 Å². The highest BCUT2D eigenvalue weighted by molar-refractivity contribution is 5.82. The quantitative estimate of drug-likeness (QED) is 0.631. The van der Waals surface area contributed by atoms with Crippen molar-refractivity contribution in [3.8, 4) is 11.3 Å². The summed E-state index contributed by atoms with van der Waals surface area (Å²) in [5, 5.41) is 0. The summed E-state index contributed by atoms with van der Waals surface area (Å²) in [5.74, 6) is 1.87. The predicted molar refractivity (Wildman–Crippen MR) is 134 cm³/mol. The number of hydrogen-bond donors (Lipinski definition) is 2. The Hall–Kier alpha value is -3.05. The summed E-state index contributed by atoms with van der Waals surface area (Å²) in [6.45, 7) is 10.4. The first kappa shape index (κ1) is 23.7. The fraction of sp³-hybridized carbons (Fsp3) is 0.625. The van der Waals surface area contributed by atoms with Crippen LogP contribution in [0.3, 0.4) is 0 Å². The minimum atomic E-state index is -0.447. The monoisotopic (exact) mass is 481 g/mol. The van der Waals surface area contributed by atoms with Gasteiger partial charge in [-0.1, -0.05) is 6.92 Å². The van der Waals surface area contributed by atoms with E-state index >= 15 is 0 Å². The maximum absolute atomic E-state index is 12.8. The number of anilines is 3. The number of nitrogens with zero attached hydrogens (tertiary/aromatic N) is 7. The summed E-state index contributed by atoms with van der Waals surface area (Å²) in [7, 11) is 0. The largest absolute Gasteiger partial charge is 0.377 e. The Kier molecular flexibility index (Phi) is 6.22. The van der Waals surface area contributed by atoms with Crippen LogP contribution in [-0.2, 0) is 16.0 Å². The Morgan fingerprint density at radius 3 is 2.74 bits per heavy atom. The molecule has 3 aliphatic rings. The number of aromatic nitrogens is 4. The number of fused-ring (bicyclic) bond motifs is 1. The minimum Gasteiger partial charge on any atom is -0.377 e. The molecule has 2 aromatic heterocycles. The van der Waals surface area contributed by atoms with Crippen molar-refractivity contribution in [2.24, 2.45) is 5.73 Å². The lowest BCUT2D eigenvalue weighted by Crippen LogP contribution is -2.50. The second-order valence-corrected chi connectivity index (χ2v) is 10.0. The summed E-state index contributed by atoms with van der Waals surface area (Å²) in [6.07, 6.45) is 5.77. The molecule has 1 amide bonds. The van der Waals surface area contributed by atoms with Gasteiger partial charge in [0, 0.05) is 49.7 Å². The lowest BCUT2D eigenvalue weighted by Gasteiger charge is -2.38. The van der Waals surface area contributed by atoms with Gasteiger partial charge in [0.25, 0.3) is 0 Å². The van der Waals surface area contributed by atoms with Crippen molar-refractivity contribution < 1.29 is 9.53 Å². The number of nitrogens with two attached hydrogens (primary N) is 2. The third kappa shape index (κ3) is 4.27. The van der Waals surface area contributed by atoms with Gasteiger partial charge in [-0.3, -0.25) is 4.79 Å². The van der Waals surface area contributed by atoms with Gasteiger partial charge < -0.3 is 30.9 Å². The van der Waals surface area contributed by atoms with Gasteiger partial charge in [-0.2, -0.15) is 4.98 Å². The summed E-state index contributed by atoms with van der Waals surface area (Å²) in [4.78, 5) is 37.8. The summed E-state index contributed by atoms with van der Waals surface area (Å²) < 4.78 is 5.65. The zero-order valence-corrected chi connectivity index (χ0v) is 20.8. The lowest BCUT2D eigenvalue weighted by atomic mass is 9.99. The van der Waals surface area contributed by atoms with Crippen LogP contribution in [0, 0.1) is 0 Å². The molecule has 2 saturated heterocycles. The second kappa shape index (κ2) is 9.19. The number of carbonyl (C=O) groups excluding carboxylic acids is 1. The SMILES string of the molecule is CC[C@H](N)C(=O)N1CC[C@](C)(N2CCc3c(-c4cnc(N)nc4)nc(N4CCOC[C@@H]4C)nc32)C1. The van der Waals surface area contributed by atoms with E-state index in [1.165, 1.54) is 0 Å². The van der Waals surface area contributed by atoms with Crippen molar-refractivity contribution in [3.05, 3.63) is 18.0 Å². The molecule has 0 radical (unpaired) electrons. The van der Waals surface area contributed by atoms with E-state index in [4.69, 9.17) is 26.2 Å². The number of amides is 1. The fourth-order valence-electron chi connectivity index (χ4n) is 5.38. The zero-order chi connectivity index (χ0) is 24.7. The average molecular weight is 482 g/mol. The van der Waals surface area contributed by atoms with Gasteiger partial charge >= 0.3 is 0 Å². The molecule has 3 atom stereocenters. The number of hydrogen-bond acceptors (Lipinski definition) is 10.